The molecule has 6 heteroatoms. The van der Waals surface area contributed by atoms with E-state index in [0.29, 0.717) is 24.6 Å². The van der Waals surface area contributed by atoms with Gasteiger partial charge in [-0.25, -0.2) is 9.78 Å². The molecule has 0 aliphatic heterocycles. The zero-order chi connectivity index (χ0) is 18.7. The first-order chi connectivity index (χ1) is 12.0. The second-order valence-corrected chi connectivity index (χ2v) is 7.72. The Labute approximate surface area is 155 Å². The molecule has 0 aliphatic rings. The van der Waals surface area contributed by atoms with Crippen LogP contribution in [0.5, 0.6) is 0 Å². The Bertz CT molecular complexity index is 528. The van der Waals surface area contributed by atoms with Gasteiger partial charge in [0, 0.05) is 18.3 Å². The van der Waals surface area contributed by atoms with Crippen LogP contribution in [0, 0.1) is 5.92 Å². The smallest absolute Gasteiger partial charge is 0.357 e. The van der Waals surface area contributed by atoms with Crippen molar-refractivity contribution in [2.75, 3.05) is 13.7 Å². The molecule has 0 unspecified atom stereocenters. The lowest BCUT2D eigenvalue weighted by atomic mass is 10.1. The summed E-state index contributed by atoms with van der Waals surface area (Å²) in [6.07, 6.45) is 7.27. The molecule has 1 rings (SSSR count). The Balaban J connectivity index is 2.60. The van der Waals surface area contributed by atoms with Gasteiger partial charge in [0.1, 0.15) is 5.01 Å². The molecular formula is C19H32N2O3S. The summed E-state index contributed by atoms with van der Waals surface area (Å²) in [6.45, 7) is 7.72. The molecular weight excluding hydrogens is 336 g/mol. The number of amides is 1. The lowest BCUT2D eigenvalue weighted by Gasteiger charge is -2.22. The molecule has 0 spiro atoms. The highest BCUT2D eigenvalue weighted by Gasteiger charge is 2.17. The highest BCUT2D eigenvalue weighted by atomic mass is 32.1. The van der Waals surface area contributed by atoms with E-state index < -0.39 is 5.97 Å². The molecule has 142 valence electrons. The molecule has 1 amide bonds. The van der Waals surface area contributed by atoms with Gasteiger partial charge in [-0.1, -0.05) is 46.5 Å². The Morgan fingerprint density at radius 1 is 1.24 bits per heavy atom. The summed E-state index contributed by atoms with van der Waals surface area (Å²) in [5.41, 5.74) is 0.318. The summed E-state index contributed by atoms with van der Waals surface area (Å²) in [5, 5.41) is 2.47. The lowest BCUT2D eigenvalue weighted by molar-refractivity contribution is -0.132. The van der Waals surface area contributed by atoms with Crippen LogP contribution in [0.2, 0.25) is 0 Å². The fourth-order valence-electron chi connectivity index (χ4n) is 2.49. The highest BCUT2D eigenvalue weighted by molar-refractivity contribution is 7.09. The maximum atomic E-state index is 12.6. The van der Waals surface area contributed by atoms with Crippen molar-refractivity contribution in [3.05, 3.63) is 16.1 Å². The van der Waals surface area contributed by atoms with Gasteiger partial charge in [0.2, 0.25) is 5.91 Å². The predicted octanol–water partition coefficient (Wildman–Crippen LogP) is 4.66. The molecule has 0 radical (unpaired) electrons. The second-order valence-electron chi connectivity index (χ2n) is 6.78. The number of methoxy groups -OCH3 is 1. The van der Waals surface area contributed by atoms with E-state index in [9.17, 15) is 9.59 Å². The van der Waals surface area contributed by atoms with Gasteiger partial charge in [0.15, 0.2) is 5.69 Å². The number of ether oxygens (including phenoxy) is 1. The van der Waals surface area contributed by atoms with E-state index in [1.54, 1.807) is 5.38 Å². The minimum absolute atomic E-state index is 0.187. The maximum Gasteiger partial charge on any atom is 0.357 e. The van der Waals surface area contributed by atoms with Crippen molar-refractivity contribution < 1.29 is 14.3 Å². The number of hydrogen-bond acceptors (Lipinski definition) is 5. The number of aromatic nitrogens is 1. The molecule has 0 atom stereocenters. The van der Waals surface area contributed by atoms with E-state index in [4.69, 9.17) is 4.74 Å². The van der Waals surface area contributed by atoms with E-state index >= 15 is 0 Å². The molecule has 0 aliphatic carbocycles. The van der Waals surface area contributed by atoms with E-state index in [0.717, 1.165) is 30.8 Å². The van der Waals surface area contributed by atoms with Crippen LogP contribution in [0.15, 0.2) is 5.38 Å². The van der Waals surface area contributed by atoms with Gasteiger partial charge < -0.3 is 9.64 Å². The Kier molecular flexibility index (Phi) is 10.4. The molecule has 0 N–H and O–H groups in total. The van der Waals surface area contributed by atoms with E-state index in [1.165, 1.54) is 37.7 Å². The van der Waals surface area contributed by atoms with Crippen LogP contribution in [0.3, 0.4) is 0 Å². The first kappa shape index (κ1) is 21.6. The number of hydrogen-bond donors (Lipinski definition) is 0. The van der Waals surface area contributed by atoms with Gasteiger partial charge in [-0.3, -0.25) is 4.79 Å². The van der Waals surface area contributed by atoms with Gasteiger partial charge in [-0.15, -0.1) is 11.3 Å². The molecule has 0 fully saturated rings. The van der Waals surface area contributed by atoms with Gasteiger partial charge >= 0.3 is 5.97 Å². The molecule has 1 aromatic rings. The van der Waals surface area contributed by atoms with Crippen LogP contribution >= 0.6 is 11.3 Å². The van der Waals surface area contributed by atoms with Crippen molar-refractivity contribution in [1.29, 1.82) is 0 Å². The standard InChI is InChI=1S/C19H32N2O3S/c1-5-6-7-8-9-10-18(22)21(12-11-15(2)3)13-17-20-16(14-25-17)19(23)24-4/h14-15H,5-13H2,1-4H3. The third-order valence-corrected chi connectivity index (χ3v) is 4.93. The molecule has 25 heavy (non-hydrogen) atoms. The van der Waals surface area contributed by atoms with Crippen LogP contribution in [0.4, 0.5) is 0 Å². The number of esters is 1. The van der Waals surface area contributed by atoms with Crippen molar-refractivity contribution in [3.8, 4) is 0 Å². The maximum absolute atomic E-state index is 12.6. The van der Waals surface area contributed by atoms with Gasteiger partial charge in [0.05, 0.1) is 13.7 Å². The number of carbonyl (C=O) groups excluding carboxylic acids is 2. The number of rotatable bonds is 12. The minimum atomic E-state index is -0.432. The number of carbonyl (C=O) groups is 2. The van der Waals surface area contributed by atoms with Crippen LogP contribution in [0.1, 0.15) is 81.2 Å². The van der Waals surface area contributed by atoms with Gasteiger partial charge in [-0.2, -0.15) is 0 Å². The topological polar surface area (TPSA) is 59.5 Å². The SMILES string of the molecule is CCCCCCCC(=O)N(CCC(C)C)Cc1nc(C(=O)OC)cs1. The zero-order valence-corrected chi connectivity index (χ0v) is 16.9. The first-order valence-corrected chi connectivity index (χ1v) is 10.2. The van der Waals surface area contributed by atoms with Crippen molar-refractivity contribution in [1.82, 2.24) is 9.88 Å². The second kappa shape index (κ2) is 12.0. The average molecular weight is 369 g/mol. The normalized spacial score (nSPS) is 10.9. The summed E-state index contributed by atoms with van der Waals surface area (Å²) in [4.78, 5) is 30.3. The predicted molar refractivity (Wildman–Crippen MR) is 102 cm³/mol. The number of nitrogens with zero attached hydrogens (tertiary/aromatic N) is 2. The zero-order valence-electron chi connectivity index (χ0n) is 16.0. The van der Waals surface area contributed by atoms with Gasteiger partial charge in [-0.05, 0) is 18.8 Å². The molecule has 1 heterocycles. The molecule has 0 saturated carbocycles. The Morgan fingerprint density at radius 3 is 2.60 bits per heavy atom. The number of thiazole rings is 1. The average Bonchev–Trinajstić information content (AvgIpc) is 3.05. The van der Waals surface area contributed by atoms with Crippen molar-refractivity contribution in [2.45, 2.75) is 72.3 Å². The van der Waals surface area contributed by atoms with E-state index in [-0.39, 0.29) is 5.91 Å². The van der Waals surface area contributed by atoms with Crippen molar-refractivity contribution in [3.63, 3.8) is 0 Å². The third-order valence-electron chi connectivity index (χ3n) is 4.10. The molecule has 5 nitrogen and oxygen atoms in total. The van der Waals surface area contributed by atoms with Crippen molar-refractivity contribution >= 4 is 23.2 Å². The fraction of sp³-hybridized carbons (Fsp3) is 0.737. The molecule has 0 aromatic carbocycles. The summed E-state index contributed by atoms with van der Waals surface area (Å²) in [5.74, 6) is 0.298. The minimum Gasteiger partial charge on any atom is -0.464 e. The molecule has 0 saturated heterocycles. The van der Waals surface area contributed by atoms with Crippen LogP contribution in [0.25, 0.3) is 0 Å². The summed E-state index contributed by atoms with van der Waals surface area (Å²) in [6, 6.07) is 0. The molecule has 1 aromatic heterocycles. The molecule has 0 bridgehead atoms. The highest BCUT2D eigenvalue weighted by Crippen LogP contribution is 2.16. The summed E-state index contributed by atoms with van der Waals surface area (Å²) < 4.78 is 4.69. The van der Waals surface area contributed by atoms with E-state index in [1.807, 2.05) is 4.90 Å². The Hall–Kier alpha value is -1.43. The first-order valence-electron chi connectivity index (χ1n) is 9.28. The quantitative estimate of drug-likeness (QED) is 0.397. The third kappa shape index (κ3) is 8.47. The fourth-order valence-corrected chi connectivity index (χ4v) is 3.27. The summed E-state index contributed by atoms with van der Waals surface area (Å²) >= 11 is 1.40. The van der Waals surface area contributed by atoms with Gasteiger partial charge in [0.25, 0.3) is 0 Å². The van der Waals surface area contributed by atoms with E-state index in [2.05, 4.69) is 25.8 Å². The number of unbranched alkanes of at least 4 members (excludes halogenated alkanes) is 4. The van der Waals surface area contributed by atoms with Crippen molar-refractivity contribution in [2.24, 2.45) is 5.92 Å². The lowest BCUT2D eigenvalue weighted by Crippen LogP contribution is -2.32. The summed E-state index contributed by atoms with van der Waals surface area (Å²) in [7, 11) is 1.35. The monoisotopic (exact) mass is 368 g/mol. The van der Waals surface area contributed by atoms with Crippen LogP contribution < -0.4 is 0 Å². The largest absolute Gasteiger partial charge is 0.464 e. The Morgan fingerprint density at radius 2 is 1.96 bits per heavy atom. The van der Waals surface area contributed by atoms with Crippen LogP contribution in [-0.2, 0) is 16.1 Å². The van der Waals surface area contributed by atoms with Crippen LogP contribution in [-0.4, -0.2) is 35.4 Å².